The maximum atomic E-state index is 12.1. The predicted octanol–water partition coefficient (Wildman–Crippen LogP) is 2.11. The van der Waals surface area contributed by atoms with Crippen LogP contribution in [0.5, 0.6) is 5.75 Å². The third-order valence-corrected chi connectivity index (χ3v) is 3.21. The van der Waals surface area contributed by atoms with Crippen molar-refractivity contribution in [2.24, 2.45) is 0 Å². The highest BCUT2D eigenvalue weighted by molar-refractivity contribution is 5.90. The van der Waals surface area contributed by atoms with E-state index in [9.17, 15) is 9.59 Å². The van der Waals surface area contributed by atoms with Crippen LogP contribution in [0.1, 0.15) is 11.4 Å². The van der Waals surface area contributed by atoms with Gasteiger partial charge in [0.25, 0.3) is 0 Å². The summed E-state index contributed by atoms with van der Waals surface area (Å²) in [6.07, 6.45) is 0. The third-order valence-electron chi connectivity index (χ3n) is 3.21. The van der Waals surface area contributed by atoms with E-state index in [4.69, 9.17) is 4.74 Å². The molecule has 0 spiro atoms. The van der Waals surface area contributed by atoms with Crippen molar-refractivity contribution in [3.05, 3.63) is 58.0 Å². The van der Waals surface area contributed by atoms with Crippen molar-refractivity contribution in [2.75, 3.05) is 12.4 Å². The standard InChI is InChI=1S/C16H18N2O3/c1-11-7-14(19)8-12(2)18(11)10-16(20)17-13-5-4-6-15(9-13)21-3/h4-9H,10H2,1-3H3,(H,17,20). The van der Waals surface area contributed by atoms with Gasteiger partial charge in [-0.15, -0.1) is 0 Å². The van der Waals surface area contributed by atoms with Gasteiger partial charge in [-0.25, -0.2) is 0 Å². The minimum Gasteiger partial charge on any atom is -0.497 e. The SMILES string of the molecule is COc1cccc(NC(=O)Cn2c(C)cc(=O)cc2C)c1. The van der Waals surface area contributed by atoms with Gasteiger partial charge in [0, 0.05) is 35.3 Å². The molecule has 5 nitrogen and oxygen atoms in total. The van der Waals surface area contributed by atoms with Crippen LogP contribution in [0, 0.1) is 13.8 Å². The first-order valence-electron chi connectivity index (χ1n) is 6.61. The number of anilines is 1. The fourth-order valence-electron chi connectivity index (χ4n) is 2.18. The number of amides is 1. The Morgan fingerprint density at radius 1 is 1.19 bits per heavy atom. The van der Waals surface area contributed by atoms with Gasteiger partial charge in [-0.3, -0.25) is 9.59 Å². The zero-order valence-electron chi connectivity index (χ0n) is 12.3. The van der Waals surface area contributed by atoms with Gasteiger partial charge in [-0.2, -0.15) is 0 Å². The Morgan fingerprint density at radius 2 is 1.86 bits per heavy atom. The lowest BCUT2D eigenvalue weighted by Crippen LogP contribution is -2.23. The second-order valence-corrected chi connectivity index (χ2v) is 4.84. The van der Waals surface area contributed by atoms with Crippen LogP contribution >= 0.6 is 0 Å². The van der Waals surface area contributed by atoms with Gasteiger partial charge in [-0.05, 0) is 26.0 Å². The van der Waals surface area contributed by atoms with E-state index < -0.39 is 0 Å². The lowest BCUT2D eigenvalue weighted by Gasteiger charge is -2.14. The molecule has 0 aliphatic rings. The molecule has 0 aliphatic heterocycles. The molecule has 1 aromatic carbocycles. The van der Waals surface area contributed by atoms with Gasteiger partial charge in [0.05, 0.1) is 7.11 Å². The molecule has 0 unspecified atom stereocenters. The molecule has 1 amide bonds. The van der Waals surface area contributed by atoms with E-state index >= 15 is 0 Å². The summed E-state index contributed by atoms with van der Waals surface area (Å²) in [7, 11) is 1.58. The Hall–Kier alpha value is -2.56. The lowest BCUT2D eigenvalue weighted by molar-refractivity contribution is -0.116. The Bertz CT molecular complexity index is 693. The number of carbonyl (C=O) groups excluding carboxylic acids is 1. The van der Waals surface area contributed by atoms with E-state index in [1.807, 2.05) is 26.0 Å². The van der Waals surface area contributed by atoms with Gasteiger partial charge >= 0.3 is 0 Å². The molecule has 110 valence electrons. The van der Waals surface area contributed by atoms with Crippen molar-refractivity contribution in [3.63, 3.8) is 0 Å². The smallest absolute Gasteiger partial charge is 0.244 e. The van der Waals surface area contributed by atoms with Gasteiger partial charge in [0.2, 0.25) is 5.91 Å². The molecule has 0 radical (unpaired) electrons. The molecule has 0 aliphatic carbocycles. The predicted molar refractivity (Wildman–Crippen MR) is 81.8 cm³/mol. The second-order valence-electron chi connectivity index (χ2n) is 4.84. The Morgan fingerprint density at radius 3 is 2.48 bits per heavy atom. The van der Waals surface area contributed by atoms with E-state index in [-0.39, 0.29) is 17.9 Å². The largest absolute Gasteiger partial charge is 0.497 e. The maximum Gasteiger partial charge on any atom is 0.244 e. The van der Waals surface area contributed by atoms with E-state index in [2.05, 4.69) is 5.32 Å². The molecule has 1 aromatic heterocycles. The monoisotopic (exact) mass is 286 g/mol. The number of ether oxygens (including phenoxy) is 1. The third kappa shape index (κ3) is 3.72. The average molecular weight is 286 g/mol. The number of nitrogens with zero attached hydrogens (tertiary/aromatic N) is 1. The van der Waals surface area contributed by atoms with Crippen molar-refractivity contribution >= 4 is 11.6 Å². The second kappa shape index (κ2) is 6.26. The van der Waals surface area contributed by atoms with E-state index in [0.29, 0.717) is 11.4 Å². The van der Waals surface area contributed by atoms with Crippen molar-refractivity contribution < 1.29 is 9.53 Å². The summed E-state index contributed by atoms with van der Waals surface area (Å²) in [5.41, 5.74) is 2.16. The molecule has 0 fully saturated rings. The van der Waals surface area contributed by atoms with E-state index in [1.165, 1.54) is 12.1 Å². The fraction of sp³-hybridized carbons (Fsp3) is 0.250. The fourth-order valence-corrected chi connectivity index (χ4v) is 2.18. The molecule has 0 bridgehead atoms. The Labute approximate surface area is 123 Å². The van der Waals surface area contributed by atoms with Crippen molar-refractivity contribution in [2.45, 2.75) is 20.4 Å². The molecule has 21 heavy (non-hydrogen) atoms. The Balaban J connectivity index is 2.13. The average Bonchev–Trinajstić information content (AvgIpc) is 2.43. The van der Waals surface area contributed by atoms with Crippen molar-refractivity contribution in [3.8, 4) is 5.75 Å². The summed E-state index contributed by atoms with van der Waals surface area (Å²) in [6.45, 7) is 3.79. The van der Waals surface area contributed by atoms with Crippen LogP contribution in [-0.4, -0.2) is 17.6 Å². The molecule has 2 rings (SSSR count). The Kier molecular flexibility index (Phi) is 4.42. The maximum absolute atomic E-state index is 12.1. The minimum absolute atomic E-state index is 0.0468. The minimum atomic E-state index is -0.155. The van der Waals surface area contributed by atoms with Crippen LogP contribution in [0.2, 0.25) is 0 Å². The summed E-state index contributed by atoms with van der Waals surface area (Å²) in [4.78, 5) is 23.5. The van der Waals surface area contributed by atoms with Crippen LogP contribution in [0.4, 0.5) is 5.69 Å². The van der Waals surface area contributed by atoms with E-state index in [0.717, 1.165) is 11.4 Å². The first-order chi connectivity index (χ1) is 9.99. The molecule has 0 atom stereocenters. The summed E-state index contributed by atoms with van der Waals surface area (Å²) in [5, 5.41) is 2.82. The van der Waals surface area contributed by atoms with Gasteiger partial charge < -0.3 is 14.6 Å². The number of nitrogens with one attached hydrogen (secondary N) is 1. The number of hydrogen-bond acceptors (Lipinski definition) is 3. The van der Waals surface area contributed by atoms with Crippen molar-refractivity contribution in [1.29, 1.82) is 0 Å². The first kappa shape index (κ1) is 14.8. The highest BCUT2D eigenvalue weighted by atomic mass is 16.5. The number of hydrogen-bond donors (Lipinski definition) is 1. The van der Waals surface area contributed by atoms with Gasteiger partial charge in [0.15, 0.2) is 5.43 Å². The summed E-state index contributed by atoms with van der Waals surface area (Å²) in [5.74, 6) is 0.529. The van der Waals surface area contributed by atoms with Gasteiger partial charge in [0.1, 0.15) is 12.3 Å². The number of carbonyl (C=O) groups is 1. The highest BCUT2D eigenvalue weighted by Crippen LogP contribution is 2.16. The summed E-state index contributed by atoms with van der Waals surface area (Å²) < 4.78 is 6.92. The quantitative estimate of drug-likeness (QED) is 0.936. The van der Waals surface area contributed by atoms with Crippen LogP contribution in [-0.2, 0) is 11.3 Å². The molecule has 2 aromatic rings. The summed E-state index contributed by atoms with van der Waals surface area (Å²) in [6, 6.07) is 10.2. The number of benzene rings is 1. The van der Waals surface area contributed by atoms with Gasteiger partial charge in [-0.1, -0.05) is 6.07 Å². The van der Waals surface area contributed by atoms with Crippen molar-refractivity contribution in [1.82, 2.24) is 4.57 Å². The molecular formula is C16H18N2O3. The first-order valence-corrected chi connectivity index (χ1v) is 6.61. The zero-order chi connectivity index (χ0) is 15.4. The molecule has 1 N–H and O–H groups in total. The molecule has 1 heterocycles. The number of pyridine rings is 1. The van der Waals surface area contributed by atoms with Crippen LogP contribution < -0.4 is 15.5 Å². The highest BCUT2D eigenvalue weighted by Gasteiger charge is 2.08. The van der Waals surface area contributed by atoms with E-state index in [1.54, 1.807) is 23.8 Å². The number of aryl methyl sites for hydroxylation is 2. The zero-order valence-corrected chi connectivity index (χ0v) is 12.3. The number of rotatable bonds is 4. The van der Waals surface area contributed by atoms with Crippen LogP contribution in [0.25, 0.3) is 0 Å². The molecule has 0 saturated heterocycles. The topological polar surface area (TPSA) is 60.3 Å². The molecule has 5 heteroatoms. The molecular weight excluding hydrogens is 268 g/mol. The lowest BCUT2D eigenvalue weighted by atomic mass is 10.2. The van der Waals surface area contributed by atoms with Crippen LogP contribution in [0.3, 0.4) is 0 Å². The normalized spacial score (nSPS) is 10.2. The number of aromatic nitrogens is 1. The molecule has 0 saturated carbocycles. The summed E-state index contributed by atoms with van der Waals surface area (Å²) >= 11 is 0. The number of methoxy groups -OCH3 is 1. The van der Waals surface area contributed by atoms with Crippen LogP contribution in [0.15, 0.2) is 41.2 Å².